The van der Waals surface area contributed by atoms with Crippen molar-refractivity contribution in [2.75, 3.05) is 19.8 Å². The second kappa shape index (κ2) is 21.4. The van der Waals surface area contributed by atoms with Gasteiger partial charge in [-0.15, -0.1) is 13.2 Å². The molecule has 0 radical (unpaired) electrons. The summed E-state index contributed by atoms with van der Waals surface area (Å²) in [6.45, 7) is 8.27. The van der Waals surface area contributed by atoms with Crippen molar-refractivity contribution in [2.24, 2.45) is 5.92 Å². The quantitative estimate of drug-likeness (QED) is 0.0929. The molecule has 3 unspecified atom stereocenters. The molecule has 1 aliphatic heterocycles. The second-order valence-corrected chi connectivity index (χ2v) is 12.2. The molecule has 0 aromatic heterocycles. The number of hydrogen-bond acceptors (Lipinski definition) is 7. The van der Waals surface area contributed by atoms with Crippen LogP contribution in [0.25, 0.3) is 0 Å². The number of carbonyl (C=O) groups is 4. The van der Waals surface area contributed by atoms with Crippen LogP contribution < -0.4 is 10.6 Å². The Morgan fingerprint density at radius 2 is 1.69 bits per heavy atom. The molecule has 1 aliphatic rings. The number of alkyl carbamates (subject to hydrolysis) is 1. The van der Waals surface area contributed by atoms with E-state index in [4.69, 9.17) is 9.47 Å². The van der Waals surface area contributed by atoms with Gasteiger partial charge in [-0.2, -0.15) is 0 Å². The van der Waals surface area contributed by atoms with Crippen molar-refractivity contribution in [1.29, 1.82) is 0 Å². The summed E-state index contributed by atoms with van der Waals surface area (Å²) in [6, 6.07) is 16.4. The predicted octanol–water partition coefficient (Wildman–Crippen LogP) is 5.39. The molecule has 2 aromatic rings. The maximum absolute atomic E-state index is 13.6. The Morgan fingerprint density at radius 3 is 2.42 bits per heavy atom. The van der Waals surface area contributed by atoms with Gasteiger partial charge in [0.2, 0.25) is 11.8 Å². The Hall–Kier alpha value is -4.44. The maximum Gasteiger partial charge on any atom is 0.407 e. The molecule has 3 atom stereocenters. The van der Waals surface area contributed by atoms with E-state index in [-0.39, 0.29) is 62.9 Å². The lowest BCUT2D eigenvalue weighted by atomic mass is 9.92. The number of nitrogens with zero attached hydrogens (tertiary/aromatic N) is 1. The molecular weight excluding hydrogens is 610 g/mol. The topological polar surface area (TPSA) is 134 Å². The molecule has 2 aromatic carbocycles. The molecule has 1 heterocycles. The van der Waals surface area contributed by atoms with Gasteiger partial charge >= 0.3 is 12.1 Å². The minimum Gasteiger partial charge on any atom is -0.463 e. The number of hydrogen-bond donors (Lipinski definition) is 3. The standard InChI is InChI=1S/C38H51N3O7/c1-3-5-6-10-21-36(44)47-28-33(20-13-14-22-39-38(46)48-27-29-16-8-7-9-17-29)40-37(45)31(15-4-2)24-35(43)41-25-32-19-12-11-18-30(32)23-34(41)26-42/h3-4,7-9,11-12,16-19,31,33-34,42H,1-2,5-6,10,13-15,20-28H2,(H,39,46)(H,40,45). The summed E-state index contributed by atoms with van der Waals surface area (Å²) in [6.07, 6.45) is 8.12. The van der Waals surface area contributed by atoms with Crippen LogP contribution >= 0.6 is 0 Å². The first kappa shape index (κ1) is 38.0. The Kier molecular flexibility index (Phi) is 17.0. The summed E-state index contributed by atoms with van der Waals surface area (Å²) in [5.74, 6) is -1.54. The third-order valence-corrected chi connectivity index (χ3v) is 8.42. The fourth-order valence-corrected chi connectivity index (χ4v) is 5.68. The molecule has 3 N–H and O–H groups in total. The molecule has 10 heteroatoms. The van der Waals surface area contributed by atoms with Crippen molar-refractivity contribution in [3.8, 4) is 0 Å². The maximum atomic E-state index is 13.6. The van der Waals surface area contributed by atoms with Crippen LogP contribution in [0.2, 0.25) is 0 Å². The zero-order valence-electron chi connectivity index (χ0n) is 27.9. The van der Waals surface area contributed by atoms with Crippen LogP contribution in [-0.4, -0.2) is 65.7 Å². The highest BCUT2D eigenvalue weighted by Gasteiger charge is 2.32. The van der Waals surface area contributed by atoms with E-state index in [1.54, 1.807) is 11.0 Å². The van der Waals surface area contributed by atoms with Gasteiger partial charge < -0.3 is 30.1 Å². The number of aliphatic hydroxyl groups excluding tert-OH is 1. The van der Waals surface area contributed by atoms with E-state index in [0.717, 1.165) is 29.5 Å². The number of allylic oxidation sites excluding steroid dienone is 2. The van der Waals surface area contributed by atoms with E-state index in [2.05, 4.69) is 23.8 Å². The van der Waals surface area contributed by atoms with Crippen LogP contribution in [0.5, 0.6) is 0 Å². The fourth-order valence-electron chi connectivity index (χ4n) is 5.68. The van der Waals surface area contributed by atoms with Crippen LogP contribution in [-0.2, 0) is 43.4 Å². The summed E-state index contributed by atoms with van der Waals surface area (Å²) in [4.78, 5) is 53.3. The van der Waals surface area contributed by atoms with Gasteiger partial charge in [0.15, 0.2) is 0 Å². The summed E-state index contributed by atoms with van der Waals surface area (Å²) in [5, 5.41) is 15.8. The molecule has 0 spiro atoms. The summed E-state index contributed by atoms with van der Waals surface area (Å²) < 4.78 is 10.8. The number of unbranched alkanes of at least 4 members (excludes halogenated alkanes) is 3. The highest BCUT2D eigenvalue weighted by molar-refractivity contribution is 5.86. The molecule has 0 saturated heterocycles. The van der Waals surface area contributed by atoms with Gasteiger partial charge in [-0.3, -0.25) is 14.4 Å². The first-order chi connectivity index (χ1) is 23.3. The lowest BCUT2D eigenvalue weighted by Gasteiger charge is -2.36. The smallest absolute Gasteiger partial charge is 0.407 e. The number of fused-ring (bicyclic) bond motifs is 1. The molecular formula is C38H51N3O7. The van der Waals surface area contributed by atoms with Gasteiger partial charge in [0.05, 0.1) is 24.6 Å². The van der Waals surface area contributed by atoms with Gasteiger partial charge in [-0.05, 0) is 68.1 Å². The Bertz CT molecular complexity index is 1330. The monoisotopic (exact) mass is 661 g/mol. The first-order valence-corrected chi connectivity index (χ1v) is 16.9. The van der Waals surface area contributed by atoms with Crippen molar-refractivity contribution < 1.29 is 33.8 Å². The lowest BCUT2D eigenvalue weighted by molar-refractivity contribution is -0.145. The number of ether oxygens (including phenoxy) is 2. The van der Waals surface area contributed by atoms with Crippen LogP contribution in [0.3, 0.4) is 0 Å². The van der Waals surface area contributed by atoms with E-state index in [0.29, 0.717) is 45.2 Å². The van der Waals surface area contributed by atoms with E-state index in [9.17, 15) is 24.3 Å². The van der Waals surface area contributed by atoms with Gasteiger partial charge in [0.1, 0.15) is 13.2 Å². The number of amides is 3. The van der Waals surface area contributed by atoms with E-state index >= 15 is 0 Å². The summed E-state index contributed by atoms with van der Waals surface area (Å²) >= 11 is 0. The fraction of sp³-hybridized carbons (Fsp3) is 0.474. The van der Waals surface area contributed by atoms with Gasteiger partial charge in [0.25, 0.3) is 0 Å². The van der Waals surface area contributed by atoms with Gasteiger partial charge in [-0.25, -0.2) is 4.79 Å². The Labute approximate surface area is 284 Å². The van der Waals surface area contributed by atoms with Crippen molar-refractivity contribution in [3.05, 3.63) is 96.6 Å². The van der Waals surface area contributed by atoms with Gasteiger partial charge in [-0.1, -0.05) is 66.7 Å². The average Bonchev–Trinajstić information content (AvgIpc) is 3.10. The third kappa shape index (κ3) is 13.4. The highest BCUT2D eigenvalue weighted by Crippen LogP contribution is 2.25. The van der Waals surface area contributed by atoms with Crippen molar-refractivity contribution in [2.45, 2.75) is 89.4 Å². The Balaban J connectivity index is 1.54. The summed E-state index contributed by atoms with van der Waals surface area (Å²) in [5.41, 5.74) is 3.04. The minimum absolute atomic E-state index is 0.00281. The lowest BCUT2D eigenvalue weighted by Crippen LogP contribution is -2.48. The normalized spacial score (nSPS) is 14.9. The molecule has 48 heavy (non-hydrogen) atoms. The third-order valence-electron chi connectivity index (χ3n) is 8.42. The van der Waals surface area contributed by atoms with E-state index in [1.165, 1.54) is 0 Å². The molecule has 0 aliphatic carbocycles. The molecule has 3 amide bonds. The largest absolute Gasteiger partial charge is 0.463 e. The molecule has 260 valence electrons. The Morgan fingerprint density at radius 1 is 0.938 bits per heavy atom. The molecule has 0 bridgehead atoms. The number of esters is 1. The van der Waals surface area contributed by atoms with Crippen LogP contribution in [0.15, 0.2) is 79.9 Å². The molecule has 0 fully saturated rings. The van der Waals surface area contributed by atoms with E-state index < -0.39 is 18.1 Å². The highest BCUT2D eigenvalue weighted by atomic mass is 16.5. The van der Waals surface area contributed by atoms with Crippen molar-refractivity contribution in [1.82, 2.24) is 15.5 Å². The van der Waals surface area contributed by atoms with Crippen LogP contribution in [0, 0.1) is 5.92 Å². The van der Waals surface area contributed by atoms with Crippen molar-refractivity contribution >= 4 is 23.9 Å². The molecule has 3 rings (SSSR count). The predicted molar refractivity (Wildman–Crippen MR) is 185 cm³/mol. The van der Waals surface area contributed by atoms with E-state index in [1.807, 2.05) is 60.7 Å². The van der Waals surface area contributed by atoms with Crippen molar-refractivity contribution in [3.63, 3.8) is 0 Å². The number of nitrogens with one attached hydrogen (secondary N) is 2. The minimum atomic E-state index is -0.676. The first-order valence-electron chi connectivity index (χ1n) is 16.9. The second-order valence-electron chi connectivity index (χ2n) is 12.2. The number of aliphatic hydroxyl groups is 1. The van der Waals surface area contributed by atoms with Crippen LogP contribution in [0.1, 0.15) is 74.5 Å². The number of benzene rings is 2. The zero-order chi connectivity index (χ0) is 34.6. The zero-order valence-corrected chi connectivity index (χ0v) is 27.9. The average molecular weight is 662 g/mol. The SMILES string of the molecule is C=CCCCCC(=O)OCC(CCCCNC(=O)OCc1ccccc1)NC(=O)C(CC=C)CC(=O)N1Cc2ccccc2CC1CO. The van der Waals surface area contributed by atoms with Crippen LogP contribution in [0.4, 0.5) is 4.79 Å². The molecule has 10 nitrogen and oxygen atoms in total. The summed E-state index contributed by atoms with van der Waals surface area (Å²) in [7, 11) is 0. The molecule has 0 saturated carbocycles. The number of carbonyl (C=O) groups excluding carboxylic acids is 4. The number of rotatable bonds is 21. The van der Waals surface area contributed by atoms with Gasteiger partial charge in [0, 0.05) is 25.9 Å².